The number of aliphatic hydroxyl groups is 3. The number of nitrogens with one attached hydrogen (secondary N) is 2. The highest BCUT2D eigenvalue weighted by Gasteiger charge is 2.39. The summed E-state index contributed by atoms with van der Waals surface area (Å²) in [6.07, 6.45) is -1.97. The zero-order valence-corrected chi connectivity index (χ0v) is 15.7. The van der Waals surface area contributed by atoms with E-state index >= 15 is 0 Å². The van der Waals surface area contributed by atoms with Gasteiger partial charge in [0.2, 0.25) is 17.7 Å². The molecule has 28 heavy (non-hydrogen) atoms. The van der Waals surface area contributed by atoms with Crippen LogP contribution in [0.1, 0.15) is 26.7 Å². The molecule has 1 rings (SSSR count). The van der Waals surface area contributed by atoms with E-state index in [4.69, 9.17) is 15.9 Å². The summed E-state index contributed by atoms with van der Waals surface area (Å²) in [6, 6.07) is -5.24. The number of amides is 3. The summed E-state index contributed by atoms with van der Waals surface area (Å²) in [5.41, 5.74) is 5.51. The molecular weight excluding hydrogens is 376 g/mol. The van der Waals surface area contributed by atoms with Crippen molar-refractivity contribution in [2.45, 2.75) is 63.1 Å². The van der Waals surface area contributed by atoms with E-state index in [9.17, 15) is 29.4 Å². The highest BCUT2D eigenvalue weighted by Crippen LogP contribution is 2.18. The fraction of sp³-hybridized carbons (Fsp3) is 0.750. The molecule has 0 spiro atoms. The molecule has 0 aromatic rings. The van der Waals surface area contributed by atoms with Crippen molar-refractivity contribution in [2.24, 2.45) is 5.73 Å². The lowest BCUT2D eigenvalue weighted by atomic mass is 10.1. The lowest BCUT2D eigenvalue weighted by Gasteiger charge is -2.29. The van der Waals surface area contributed by atoms with Gasteiger partial charge in [0.1, 0.15) is 18.1 Å². The Morgan fingerprint density at radius 1 is 1.11 bits per heavy atom. The Labute approximate surface area is 161 Å². The Kier molecular flexibility index (Phi) is 8.75. The van der Waals surface area contributed by atoms with E-state index in [1.54, 1.807) is 0 Å². The summed E-state index contributed by atoms with van der Waals surface area (Å²) < 4.78 is 0. The smallest absolute Gasteiger partial charge is 0.328 e. The zero-order chi connectivity index (χ0) is 21.6. The minimum atomic E-state index is -1.63. The van der Waals surface area contributed by atoms with Crippen LogP contribution in [-0.2, 0) is 19.2 Å². The van der Waals surface area contributed by atoms with Gasteiger partial charge in [0, 0.05) is 6.54 Å². The molecule has 12 heteroatoms. The van der Waals surface area contributed by atoms with Gasteiger partial charge in [-0.1, -0.05) is 0 Å². The van der Waals surface area contributed by atoms with E-state index in [1.165, 1.54) is 18.7 Å². The van der Waals surface area contributed by atoms with Crippen molar-refractivity contribution in [2.75, 3.05) is 13.2 Å². The van der Waals surface area contributed by atoms with E-state index < -0.39 is 66.7 Å². The normalized spacial score (nSPS) is 21.9. The molecule has 1 heterocycles. The minimum absolute atomic E-state index is 0.249. The molecule has 0 bridgehead atoms. The summed E-state index contributed by atoms with van der Waals surface area (Å²) in [6.45, 7) is 2.06. The van der Waals surface area contributed by atoms with E-state index in [-0.39, 0.29) is 6.54 Å². The minimum Gasteiger partial charge on any atom is -0.480 e. The quantitative estimate of drug-likeness (QED) is 0.200. The maximum absolute atomic E-state index is 12.6. The maximum atomic E-state index is 12.6. The summed E-state index contributed by atoms with van der Waals surface area (Å²) in [7, 11) is 0. The van der Waals surface area contributed by atoms with Gasteiger partial charge >= 0.3 is 5.97 Å². The average molecular weight is 404 g/mol. The third-order valence-corrected chi connectivity index (χ3v) is 4.46. The molecule has 1 aliphatic rings. The van der Waals surface area contributed by atoms with Crippen LogP contribution in [0.25, 0.3) is 0 Å². The number of rotatable bonds is 9. The highest BCUT2D eigenvalue weighted by molar-refractivity contribution is 5.94. The van der Waals surface area contributed by atoms with Crippen molar-refractivity contribution < 1.29 is 39.6 Å². The van der Waals surface area contributed by atoms with Crippen LogP contribution in [0.5, 0.6) is 0 Å². The predicted molar refractivity (Wildman–Crippen MR) is 94.7 cm³/mol. The molecule has 8 N–H and O–H groups in total. The average Bonchev–Trinajstić information content (AvgIpc) is 3.11. The standard InChI is InChI=1S/C16H28N4O8/c1-7(22)11(14(25)19-12(8(2)23)16(27)28)18-13(24)10-4-3-5-20(10)15(26)9(17)6-21/h7-12,21-23H,3-6,17H2,1-2H3,(H,18,24)(H,19,25)(H,27,28). The Morgan fingerprint density at radius 2 is 1.68 bits per heavy atom. The molecule has 6 atom stereocenters. The van der Waals surface area contributed by atoms with Gasteiger partial charge in [0.05, 0.1) is 18.8 Å². The Balaban J connectivity index is 2.88. The number of hydrogen-bond acceptors (Lipinski definition) is 8. The van der Waals surface area contributed by atoms with Crippen LogP contribution in [-0.4, -0.2) is 98.5 Å². The largest absolute Gasteiger partial charge is 0.480 e. The van der Waals surface area contributed by atoms with Crippen LogP contribution in [0.15, 0.2) is 0 Å². The van der Waals surface area contributed by atoms with Crippen LogP contribution in [0.3, 0.4) is 0 Å². The van der Waals surface area contributed by atoms with E-state index in [0.717, 1.165) is 0 Å². The lowest BCUT2D eigenvalue weighted by Crippen LogP contribution is -2.60. The Morgan fingerprint density at radius 3 is 2.14 bits per heavy atom. The zero-order valence-electron chi connectivity index (χ0n) is 15.7. The summed E-state index contributed by atoms with van der Waals surface area (Å²) in [5.74, 6) is -3.82. The van der Waals surface area contributed by atoms with Crippen molar-refractivity contribution in [3.63, 3.8) is 0 Å². The fourth-order valence-electron chi connectivity index (χ4n) is 2.88. The van der Waals surface area contributed by atoms with Crippen molar-refractivity contribution in [3.05, 3.63) is 0 Å². The molecule has 12 nitrogen and oxygen atoms in total. The molecule has 1 saturated heterocycles. The van der Waals surface area contributed by atoms with Crippen molar-refractivity contribution in [1.82, 2.24) is 15.5 Å². The Hall–Kier alpha value is -2.28. The topological polar surface area (TPSA) is 203 Å². The molecule has 0 saturated carbocycles. The van der Waals surface area contributed by atoms with Gasteiger partial charge in [-0.2, -0.15) is 0 Å². The third kappa shape index (κ3) is 5.86. The van der Waals surface area contributed by atoms with E-state index in [2.05, 4.69) is 10.6 Å². The van der Waals surface area contributed by atoms with Crippen molar-refractivity contribution in [1.29, 1.82) is 0 Å². The molecule has 1 aliphatic heterocycles. The second-order valence-electron chi connectivity index (χ2n) is 6.77. The number of likely N-dealkylation sites (tertiary alicyclic amines) is 1. The predicted octanol–water partition coefficient (Wildman–Crippen LogP) is -3.89. The molecule has 160 valence electrons. The van der Waals surface area contributed by atoms with Crippen LogP contribution in [0, 0.1) is 0 Å². The van der Waals surface area contributed by atoms with Gasteiger partial charge in [0.15, 0.2) is 6.04 Å². The first-order valence-corrected chi connectivity index (χ1v) is 8.87. The van der Waals surface area contributed by atoms with Crippen LogP contribution >= 0.6 is 0 Å². The summed E-state index contributed by atoms with van der Waals surface area (Å²) >= 11 is 0. The van der Waals surface area contributed by atoms with Crippen LogP contribution in [0.4, 0.5) is 0 Å². The SMILES string of the molecule is CC(O)C(NC(=O)C(NC(=O)C1CCCN1C(=O)C(N)CO)C(C)O)C(=O)O. The number of carboxylic acids is 1. The number of aliphatic hydroxyl groups excluding tert-OH is 3. The van der Waals surface area contributed by atoms with Gasteiger partial charge < -0.3 is 41.7 Å². The van der Waals surface area contributed by atoms with Gasteiger partial charge in [0.25, 0.3) is 0 Å². The first-order chi connectivity index (χ1) is 13.0. The molecule has 6 unspecified atom stereocenters. The molecule has 0 aromatic heterocycles. The van der Waals surface area contributed by atoms with Crippen LogP contribution in [0.2, 0.25) is 0 Å². The number of nitrogens with zero attached hydrogens (tertiary/aromatic N) is 1. The van der Waals surface area contributed by atoms with Gasteiger partial charge in [-0.05, 0) is 26.7 Å². The summed E-state index contributed by atoms with van der Waals surface area (Å²) in [4.78, 5) is 49.4. The first-order valence-electron chi connectivity index (χ1n) is 8.87. The lowest BCUT2D eigenvalue weighted by molar-refractivity contribution is -0.146. The highest BCUT2D eigenvalue weighted by atomic mass is 16.4. The van der Waals surface area contributed by atoms with E-state index in [1.807, 2.05) is 0 Å². The number of carboxylic acid groups (broad SMARTS) is 1. The molecule has 0 aromatic carbocycles. The molecule has 1 fully saturated rings. The van der Waals surface area contributed by atoms with E-state index in [0.29, 0.717) is 12.8 Å². The number of hydrogen-bond donors (Lipinski definition) is 7. The third-order valence-electron chi connectivity index (χ3n) is 4.46. The second-order valence-corrected chi connectivity index (χ2v) is 6.77. The number of carbonyl (C=O) groups is 4. The van der Waals surface area contributed by atoms with Crippen molar-refractivity contribution >= 4 is 23.7 Å². The molecule has 0 radical (unpaired) electrons. The first kappa shape index (κ1) is 23.8. The van der Waals surface area contributed by atoms with Gasteiger partial charge in [-0.15, -0.1) is 0 Å². The van der Waals surface area contributed by atoms with Crippen molar-refractivity contribution in [3.8, 4) is 0 Å². The number of nitrogens with two attached hydrogens (primary N) is 1. The monoisotopic (exact) mass is 404 g/mol. The second kappa shape index (κ2) is 10.3. The van der Waals surface area contributed by atoms with Crippen LogP contribution < -0.4 is 16.4 Å². The van der Waals surface area contributed by atoms with Gasteiger partial charge in [-0.3, -0.25) is 14.4 Å². The summed E-state index contributed by atoms with van der Waals surface area (Å²) in [5, 5.41) is 41.7. The number of carbonyl (C=O) groups excluding carboxylic acids is 3. The fourth-order valence-corrected chi connectivity index (χ4v) is 2.88. The van der Waals surface area contributed by atoms with Gasteiger partial charge in [-0.25, -0.2) is 4.79 Å². The molecular formula is C16H28N4O8. The maximum Gasteiger partial charge on any atom is 0.328 e. The Bertz CT molecular complexity index is 597. The molecule has 0 aliphatic carbocycles. The number of aliphatic carboxylic acids is 1. The molecule has 3 amide bonds.